The summed E-state index contributed by atoms with van der Waals surface area (Å²) in [6, 6.07) is 8.95. The molecule has 46 heavy (non-hydrogen) atoms. The van der Waals surface area contributed by atoms with E-state index in [0.717, 1.165) is 5.56 Å². The first-order chi connectivity index (χ1) is 21.5. The molecule has 2 aliphatic rings. The van der Waals surface area contributed by atoms with Crippen LogP contribution in [0, 0.1) is 17.8 Å². The van der Waals surface area contributed by atoms with E-state index in [4.69, 9.17) is 32.8 Å². The van der Waals surface area contributed by atoms with E-state index in [-0.39, 0.29) is 23.7 Å². The number of azide groups is 1. The van der Waals surface area contributed by atoms with Crippen LogP contribution in [0.3, 0.4) is 0 Å². The molecule has 3 rings (SSSR count). The van der Waals surface area contributed by atoms with Gasteiger partial charge in [-0.2, -0.15) is 0 Å². The van der Waals surface area contributed by atoms with Crippen molar-refractivity contribution in [3.63, 3.8) is 0 Å². The lowest BCUT2D eigenvalue weighted by atomic mass is 9.88. The van der Waals surface area contributed by atoms with E-state index in [1.807, 2.05) is 51.1 Å². The smallest absolute Gasteiger partial charge is 0.303 e. The highest BCUT2D eigenvalue weighted by Gasteiger charge is 2.53. The van der Waals surface area contributed by atoms with Gasteiger partial charge in [0.1, 0.15) is 18.8 Å². The van der Waals surface area contributed by atoms with Gasteiger partial charge in [0, 0.05) is 24.7 Å². The van der Waals surface area contributed by atoms with Crippen molar-refractivity contribution < 1.29 is 42.4 Å². The molecule has 1 aromatic carbocycles. The van der Waals surface area contributed by atoms with E-state index in [2.05, 4.69) is 50.8 Å². The van der Waals surface area contributed by atoms with Crippen LogP contribution in [0.2, 0.25) is 18.1 Å². The van der Waals surface area contributed by atoms with Gasteiger partial charge in [-0.05, 0) is 48.0 Å². The third-order valence-corrected chi connectivity index (χ3v) is 14.6. The molecule has 2 heterocycles. The van der Waals surface area contributed by atoms with Crippen molar-refractivity contribution in [1.29, 1.82) is 0 Å². The lowest BCUT2D eigenvalue weighted by Crippen LogP contribution is -2.62. The van der Waals surface area contributed by atoms with Crippen molar-refractivity contribution in [3.05, 3.63) is 46.3 Å². The van der Waals surface area contributed by atoms with Crippen LogP contribution < -0.4 is 0 Å². The molecule has 0 bridgehead atoms. The fraction of sp³-hybridized carbons (Fsp3) is 0.758. The molecule has 0 aromatic heterocycles. The highest BCUT2D eigenvalue weighted by atomic mass is 28.4. The number of benzene rings is 1. The number of nitrogens with zero attached hydrogens (tertiary/aromatic N) is 3. The Labute approximate surface area is 274 Å². The Balaban J connectivity index is 1.96. The molecule has 10 atom stereocenters. The minimum Gasteiger partial charge on any atom is -0.463 e. The molecule has 0 N–H and O–H groups in total. The molecule has 2 saturated heterocycles. The van der Waals surface area contributed by atoms with Crippen LogP contribution in [0.15, 0.2) is 35.4 Å². The van der Waals surface area contributed by atoms with Gasteiger partial charge >= 0.3 is 11.9 Å². The molecular weight excluding hydrogens is 610 g/mol. The number of carbonyl (C=O) groups excluding carboxylic acids is 2. The fourth-order valence-corrected chi connectivity index (χ4v) is 8.31. The Hall–Kier alpha value is -2.51. The molecule has 2 aliphatic heterocycles. The summed E-state index contributed by atoms with van der Waals surface area (Å²) in [7, 11) is -2.47. The molecule has 258 valence electrons. The molecule has 2 fully saturated rings. The normalized spacial score (nSPS) is 32.0. The second kappa shape index (κ2) is 16.1. The average Bonchev–Trinajstić information content (AvgIpc) is 2.97. The van der Waals surface area contributed by atoms with Crippen LogP contribution in [-0.4, -0.2) is 76.0 Å². The zero-order chi connectivity index (χ0) is 34.4. The molecule has 0 saturated carbocycles. The van der Waals surface area contributed by atoms with E-state index in [1.54, 1.807) is 0 Å². The standard InChI is InChI=1S/C33H53N3O9Si/c1-19(2)33(8,9)46(10,11)45-31-27(35-36-34)21(4)28(26(43-31)18-39-23(6)37)44-32-30(42-24(7)38)29(20(3)22(5)41-32)40-17-25-15-13-12-14-16-25/h12-16,19-22,26-32H,17-18H2,1-11H3/t20-,21-,22?,26?,27?,28+,29?,30+,31+,32+/m1/s1. The summed E-state index contributed by atoms with van der Waals surface area (Å²) in [6.45, 7) is 21.5. The maximum atomic E-state index is 12.4. The molecular formula is C33H53N3O9Si. The minimum absolute atomic E-state index is 0.131. The predicted octanol–water partition coefficient (Wildman–Crippen LogP) is 6.53. The number of esters is 2. The van der Waals surface area contributed by atoms with Gasteiger partial charge in [0.25, 0.3) is 0 Å². The lowest BCUT2D eigenvalue weighted by molar-refractivity contribution is -0.332. The molecule has 13 heteroatoms. The van der Waals surface area contributed by atoms with Crippen LogP contribution in [0.25, 0.3) is 10.4 Å². The second-order valence-corrected chi connectivity index (χ2v) is 18.5. The highest BCUT2D eigenvalue weighted by molar-refractivity contribution is 6.74. The van der Waals surface area contributed by atoms with Crippen LogP contribution in [-0.2, 0) is 49.0 Å². The van der Waals surface area contributed by atoms with Gasteiger partial charge in [-0.1, -0.05) is 77.0 Å². The summed E-state index contributed by atoms with van der Waals surface area (Å²) in [5.41, 5.74) is 10.6. The molecule has 12 nitrogen and oxygen atoms in total. The monoisotopic (exact) mass is 663 g/mol. The third-order valence-electron chi connectivity index (χ3n) is 10.1. The quantitative estimate of drug-likeness (QED) is 0.0755. The maximum absolute atomic E-state index is 12.4. The van der Waals surface area contributed by atoms with E-state index < -0.39 is 69.2 Å². The van der Waals surface area contributed by atoms with Crippen LogP contribution in [0.1, 0.15) is 67.9 Å². The van der Waals surface area contributed by atoms with Crippen molar-refractivity contribution in [3.8, 4) is 0 Å². The second-order valence-electron chi connectivity index (χ2n) is 13.9. The summed E-state index contributed by atoms with van der Waals surface area (Å²) in [4.78, 5) is 27.4. The summed E-state index contributed by atoms with van der Waals surface area (Å²) >= 11 is 0. The van der Waals surface area contributed by atoms with Gasteiger partial charge in [0.15, 0.2) is 27.0 Å². The van der Waals surface area contributed by atoms with Crippen molar-refractivity contribution in [2.45, 2.75) is 136 Å². The Morgan fingerprint density at radius 3 is 2.20 bits per heavy atom. The Morgan fingerprint density at radius 2 is 1.63 bits per heavy atom. The zero-order valence-corrected chi connectivity index (χ0v) is 30.2. The Bertz CT molecular complexity index is 1210. The minimum atomic E-state index is -2.47. The first kappa shape index (κ1) is 37.9. The lowest BCUT2D eigenvalue weighted by Gasteiger charge is -2.51. The zero-order valence-electron chi connectivity index (χ0n) is 29.2. The Morgan fingerprint density at radius 1 is 0.978 bits per heavy atom. The van der Waals surface area contributed by atoms with Gasteiger partial charge in [0.05, 0.1) is 24.9 Å². The number of hydrogen-bond donors (Lipinski definition) is 0. The summed E-state index contributed by atoms with van der Waals surface area (Å²) in [5.74, 6) is -1.29. The van der Waals surface area contributed by atoms with Gasteiger partial charge in [0.2, 0.25) is 0 Å². The number of ether oxygens (including phenoxy) is 6. The summed E-state index contributed by atoms with van der Waals surface area (Å²) in [6.07, 6.45) is -5.35. The predicted molar refractivity (Wildman–Crippen MR) is 174 cm³/mol. The van der Waals surface area contributed by atoms with E-state index in [9.17, 15) is 15.1 Å². The van der Waals surface area contributed by atoms with Crippen molar-refractivity contribution >= 4 is 20.3 Å². The third kappa shape index (κ3) is 9.09. The topological polar surface area (TPSA) is 148 Å². The fourth-order valence-electron chi connectivity index (χ4n) is 5.84. The van der Waals surface area contributed by atoms with Crippen LogP contribution in [0.4, 0.5) is 0 Å². The van der Waals surface area contributed by atoms with E-state index >= 15 is 0 Å². The molecule has 1 aromatic rings. The number of hydrogen-bond acceptors (Lipinski definition) is 10. The average molecular weight is 664 g/mol. The van der Waals surface area contributed by atoms with Crippen molar-refractivity contribution in [2.24, 2.45) is 22.9 Å². The summed E-state index contributed by atoms with van der Waals surface area (Å²) in [5, 5.41) is 3.97. The molecule has 0 spiro atoms. The van der Waals surface area contributed by atoms with Crippen LogP contribution >= 0.6 is 0 Å². The van der Waals surface area contributed by atoms with Gasteiger partial charge in [-0.25, -0.2) is 0 Å². The number of rotatable bonds is 13. The van der Waals surface area contributed by atoms with E-state index in [0.29, 0.717) is 12.5 Å². The largest absolute Gasteiger partial charge is 0.463 e. The molecule has 0 radical (unpaired) electrons. The van der Waals surface area contributed by atoms with Gasteiger partial charge in [-0.15, -0.1) is 0 Å². The van der Waals surface area contributed by atoms with Gasteiger partial charge in [-0.3, -0.25) is 9.59 Å². The van der Waals surface area contributed by atoms with Gasteiger partial charge < -0.3 is 32.8 Å². The first-order valence-corrected chi connectivity index (χ1v) is 19.1. The number of carbonyl (C=O) groups is 2. The maximum Gasteiger partial charge on any atom is 0.303 e. The highest BCUT2D eigenvalue weighted by Crippen LogP contribution is 2.47. The van der Waals surface area contributed by atoms with E-state index in [1.165, 1.54) is 13.8 Å². The Kier molecular flexibility index (Phi) is 13.2. The van der Waals surface area contributed by atoms with Crippen LogP contribution in [0.5, 0.6) is 0 Å². The SMILES string of the molecule is CC(=O)OCC1O[C@@H](O[Si](C)(C)C(C)(C)C(C)C)C(N=[N+]=[N-])[C@@H](C)[C@@H]1O[C@@H]1OC(C)[C@@H](C)C(OCc2ccccc2)[C@@H]1OC(C)=O. The first-order valence-electron chi connectivity index (χ1n) is 16.1. The molecule has 0 amide bonds. The molecule has 0 aliphatic carbocycles. The molecule has 4 unspecified atom stereocenters. The van der Waals surface area contributed by atoms with Crippen molar-refractivity contribution in [1.82, 2.24) is 0 Å². The summed E-state index contributed by atoms with van der Waals surface area (Å²) < 4.78 is 43.8. The van der Waals surface area contributed by atoms with Crippen molar-refractivity contribution in [2.75, 3.05) is 6.61 Å².